The average Bonchev–Trinajstić information content (AvgIpc) is 3.28. The molecule has 214 valence electrons. The highest BCUT2D eigenvalue weighted by molar-refractivity contribution is 6.03. The van der Waals surface area contributed by atoms with Crippen molar-refractivity contribution < 1.29 is 4.79 Å². The highest BCUT2D eigenvalue weighted by atomic mass is 16.2. The Morgan fingerprint density at radius 2 is 1.84 bits per heavy atom. The number of allylic oxidation sites excluding steroid dienone is 1. The number of pyridine rings is 2. The van der Waals surface area contributed by atoms with Gasteiger partial charge in [-0.1, -0.05) is 54.8 Å². The van der Waals surface area contributed by atoms with E-state index in [1.807, 2.05) is 48.5 Å². The van der Waals surface area contributed by atoms with Gasteiger partial charge in [-0.05, 0) is 42.6 Å². The second-order valence-corrected chi connectivity index (χ2v) is 9.85. The molecule has 0 saturated carbocycles. The van der Waals surface area contributed by atoms with E-state index in [1.54, 1.807) is 43.9 Å². The van der Waals surface area contributed by atoms with Crippen molar-refractivity contribution in [1.82, 2.24) is 24.2 Å². The molecule has 3 aromatic heterocycles. The fraction of sp³-hybridized carbons (Fsp3) is 0.121. The maximum atomic E-state index is 14.2. The van der Waals surface area contributed by atoms with Crippen molar-refractivity contribution in [2.45, 2.75) is 13.0 Å². The van der Waals surface area contributed by atoms with Crippen LogP contribution in [0.4, 0.5) is 11.6 Å². The van der Waals surface area contributed by atoms with Crippen LogP contribution in [0.1, 0.15) is 40.1 Å². The third kappa shape index (κ3) is 5.64. The minimum atomic E-state index is -0.624. The summed E-state index contributed by atoms with van der Waals surface area (Å²) in [6, 6.07) is 19.0. The highest BCUT2D eigenvalue weighted by Crippen LogP contribution is 2.27. The van der Waals surface area contributed by atoms with Crippen LogP contribution >= 0.6 is 0 Å². The van der Waals surface area contributed by atoms with Gasteiger partial charge >= 0.3 is 0 Å². The van der Waals surface area contributed by atoms with Crippen LogP contribution < -0.4 is 22.2 Å². The average molecular weight is 572 g/mol. The number of anilines is 1. The Balaban J connectivity index is 1.63. The van der Waals surface area contributed by atoms with Gasteiger partial charge in [0.1, 0.15) is 5.56 Å². The number of rotatable bonds is 6. The Labute approximate surface area is 247 Å². The first-order chi connectivity index (χ1) is 20.7. The lowest BCUT2D eigenvalue weighted by molar-refractivity contribution is 0.0940. The maximum Gasteiger partial charge on any atom is 0.264 e. The molecule has 1 amide bonds. The molecule has 10 nitrogen and oxygen atoms in total. The van der Waals surface area contributed by atoms with Gasteiger partial charge in [-0.3, -0.25) is 19.0 Å². The Morgan fingerprint density at radius 3 is 2.56 bits per heavy atom. The van der Waals surface area contributed by atoms with Gasteiger partial charge in [0.25, 0.3) is 11.5 Å². The zero-order valence-electron chi connectivity index (χ0n) is 23.9. The van der Waals surface area contributed by atoms with E-state index in [-0.39, 0.29) is 28.3 Å². The van der Waals surface area contributed by atoms with Crippen LogP contribution in [0.15, 0.2) is 100 Å². The molecule has 0 bridgehead atoms. The standard InChI is InChI=1S/C33H29N7O3/c1-5-18-35-31-29(30(34)37-39(31)4)32(42)36-21(2)26-19-24-11-9-10-23(16-14-22-15-17-27(41)38(3)20-22)28(24)33(43)40(26)25-12-7-6-8-13-25/h5-13,15,17-21H,1H2,2-4H3,(H2,34,37)(H,36,42)/b35-18-. The molecule has 0 saturated heterocycles. The number of aryl methyl sites for hydroxylation is 2. The molecule has 0 aliphatic heterocycles. The summed E-state index contributed by atoms with van der Waals surface area (Å²) in [5.74, 6) is 6.00. The predicted octanol–water partition coefficient (Wildman–Crippen LogP) is 3.78. The third-order valence-corrected chi connectivity index (χ3v) is 6.88. The summed E-state index contributed by atoms with van der Waals surface area (Å²) in [4.78, 5) is 43.8. The van der Waals surface area contributed by atoms with E-state index in [2.05, 4.69) is 33.8 Å². The van der Waals surface area contributed by atoms with E-state index in [1.165, 1.54) is 27.6 Å². The van der Waals surface area contributed by atoms with Crippen LogP contribution in [0.2, 0.25) is 0 Å². The second kappa shape index (κ2) is 11.9. The number of hydrogen-bond donors (Lipinski definition) is 2. The van der Waals surface area contributed by atoms with Crippen LogP contribution in [0.3, 0.4) is 0 Å². The molecule has 0 fully saturated rings. The van der Waals surface area contributed by atoms with Crippen molar-refractivity contribution >= 4 is 34.5 Å². The summed E-state index contributed by atoms with van der Waals surface area (Å²) in [5, 5.41) is 8.21. The van der Waals surface area contributed by atoms with Gasteiger partial charge in [0, 0.05) is 55.1 Å². The Kier molecular flexibility index (Phi) is 7.90. The minimum Gasteiger partial charge on any atom is -0.381 e. The predicted molar refractivity (Wildman–Crippen MR) is 169 cm³/mol. The lowest BCUT2D eigenvalue weighted by atomic mass is 10.0. The first-order valence-corrected chi connectivity index (χ1v) is 13.4. The first-order valence-electron chi connectivity index (χ1n) is 13.4. The number of carbonyl (C=O) groups excluding carboxylic acids is 1. The Morgan fingerprint density at radius 1 is 1.07 bits per heavy atom. The number of hydrogen-bond acceptors (Lipinski definition) is 6. The quantitative estimate of drug-likeness (QED) is 0.237. The van der Waals surface area contributed by atoms with Crippen LogP contribution in [0.25, 0.3) is 16.5 Å². The fourth-order valence-electron chi connectivity index (χ4n) is 4.82. The maximum absolute atomic E-state index is 14.2. The molecule has 3 N–H and O–H groups in total. The van der Waals surface area contributed by atoms with Crippen molar-refractivity contribution in [2.24, 2.45) is 19.1 Å². The van der Waals surface area contributed by atoms with E-state index in [9.17, 15) is 14.4 Å². The molecule has 0 aliphatic rings. The van der Waals surface area contributed by atoms with Gasteiger partial charge in [-0.25, -0.2) is 9.67 Å². The van der Waals surface area contributed by atoms with Gasteiger partial charge in [0.15, 0.2) is 11.6 Å². The fourth-order valence-corrected chi connectivity index (χ4v) is 4.82. The molecule has 2 aromatic carbocycles. The minimum absolute atomic E-state index is 0.0316. The summed E-state index contributed by atoms with van der Waals surface area (Å²) >= 11 is 0. The van der Waals surface area contributed by atoms with Gasteiger partial charge in [0.2, 0.25) is 5.56 Å². The number of para-hydroxylation sites is 1. The van der Waals surface area contributed by atoms with Gasteiger partial charge < -0.3 is 15.6 Å². The zero-order valence-corrected chi connectivity index (χ0v) is 23.9. The van der Waals surface area contributed by atoms with Crippen molar-refractivity contribution in [2.75, 3.05) is 5.73 Å². The lowest BCUT2D eigenvalue weighted by Crippen LogP contribution is -2.32. The monoisotopic (exact) mass is 571 g/mol. The molecule has 43 heavy (non-hydrogen) atoms. The summed E-state index contributed by atoms with van der Waals surface area (Å²) in [7, 11) is 3.30. The molecular formula is C33H29N7O3. The molecule has 0 spiro atoms. The topological polar surface area (TPSA) is 129 Å². The molecule has 1 atom stereocenters. The van der Waals surface area contributed by atoms with Crippen molar-refractivity contribution in [1.29, 1.82) is 0 Å². The summed E-state index contributed by atoms with van der Waals surface area (Å²) in [6.07, 6.45) is 4.59. The van der Waals surface area contributed by atoms with Crippen LogP contribution in [0.5, 0.6) is 0 Å². The zero-order chi connectivity index (χ0) is 30.7. The van der Waals surface area contributed by atoms with Gasteiger partial charge in [-0.15, -0.1) is 0 Å². The molecule has 0 aliphatic carbocycles. The van der Waals surface area contributed by atoms with Crippen LogP contribution in [-0.4, -0.2) is 31.0 Å². The van der Waals surface area contributed by atoms with E-state index in [0.29, 0.717) is 33.3 Å². The number of nitrogen functional groups attached to an aromatic ring is 1. The van der Waals surface area contributed by atoms with E-state index in [0.717, 1.165) is 0 Å². The SMILES string of the molecule is C=C/C=N\c1c(C(=O)NC(C)c2cc3cccc(C#Cc4ccc(=O)n(C)c4)c3c(=O)n2-c2ccccc2)c(N)nn1C. The molecule has 5 aromatic rings. The van der Waals surface area contributed by atoms with Crippen molar-refractivity contribution in [3.63, 3.8) is 0 Å². The Bertz CT molecular complexity index is 2090. The smallest absolute Gasteiger partial charge is 0.264 e. The third-order valence-electron chi connectivity index (χ3n) is 6.88. The van der Waals surface area contributed by atoms with Crippen molar-refractivity contribution in [3.05, 3.63) is 129 Å². The van der Waals surface area contributed by atoms with E-state index < -0.39 is 11.9 Å². The number of nitrogens with zero attached hydrogens (tertiary/aromatic N) is 5. The first kappa shape index (κ1) is 28.6. The van der Waals surface area contributed by atoms with E-state index in [4.69, 9.17) is 5.73 Å². The molecule has 10 heteroatoms. The molecule has 1 unspecified atom stereocenters. The summed E-state index contributed by atoms with van der Waals surface area (Å²) in [6.45, 7) is 5.41. The van der Waals surface area contributed by atoms with Crippen LogP contribution in [-0.2, 0) is 14.1 Å². The lowest BCUT2D eigenvalue weighted by Gasteiger charge is -2.21. The number of carbonyl (C=O) groups is 1. The number of nitrogens with one attached hydrogen (secondary N) is 1. The number of nitrogens with two attached hydrogens (primary N) is 1. The van der Waals surface area contributed by atoms with Gasteiger partial charge in [-0.2, -0.15) is 5.10 Å². The molecule has 5 rings (SSSR count). The number of fused-ring (bicyclic) bond motifs is 1. The molecule has 0 radical (unpaired) electrons. The van der Waals surface area contributed by atoms with Gasteiger partial charge in [0.05, 0.1) is 11.4 Å². The molecule has 3 heterocycles. The van der Waals surface area contributed by atoms with E-state index >= 15 is 0 Å². The highest BCUT2D eigenvalue weighted by Gasteiger charge is 2.24. The summed E-state index contributed by atoms with van der Waals surface area (Å²) < 4.78 is 4.45. The number of amides is 1. The van der Waals surface area contributed by atoms with Crippen molar-refractivity contribution in [3.8, 4) is 17.5 Å². The number of benzene rings is 2. The second-order valence-electron chi connectivity index (χ2n) is 9.85. The normalized spacial score (nSPS) is 11.7. The molecular weight excluding hydrogens is 542 g/mol. The number of aromatic nitrogens is 4. The largest absolute Gasteiger partial charge is 0.381 e. The summed E-state index contributed by atoms with van der Waals surface area (Å²) in [5.41, 5.74) is 8.13. The Hall–Kier alpha value is -5.95. The van der Waals surface area contributed by atoms with Crippen LogP contribution in [0, 0.1) is 11.8 Å². The number of aliphatic imine (C=N–C) groups is 1.